The molecule has 1 aromatic carbocycles. The zero-order valence-electron chi connectivity index (χ0n) is 14.9. The van der Waals surface area contributed by atoms with Gasteiger partial charge in [0.15, 0.2) is 0 Å². The quantitative estimate of drug-likeness (QED) is 0.792. The largest absolute Gasteiger partial charge is 0.465 e. The molecule has 0 unspecified atom stereocenters. The Hall–Kier alpha value is -1.99. The first-order chi connectivity index (χ1) is 11.6. The van der Waals surface area contributed by atoms with Crippen LogP contribution >= 0.6 is 11.6 Å². The third-order valence-corrected chi connectivity index (χ3v) is 3.94. The second kappa shape index (κ2) is 7.49. The fourth-order valence-electron chi connectivity index (χ4n) is 2.54. The molecule has 1 aliphatic heterocycles. The summed E-state index contributed by atoms with van der Waals surface area (Å²) in [6, 6.07) is 3.28. The van der Waals surface area contributed by atoms with Crippen LogP contribution in [0.15, 0.2) is 12.1 Å². The Bertz CT molecular complexity index is 667. The number of ether oxygens (including phenoxy) is 2. The van der Waals surface area contributed by atoms with E-state index < -0.39 is 11.6 Å². The number of halogens is 1. The van der Waals surface area contributed by atoms with Gasteiger partial charge in [-0.05, 0) is 32.9 Å². The van der Waals surface area contributed by atoms with E-state index in [0.29, 0.717) is 34.9 Å². The Labute approximate surface area is 152 Å². The topological polar surface area (TPSA) is 93.9 Å². The van der Waals surface area contributed by atoms with Crippen molar-refractivity contribution in [3.05, 3.63) is 28.3 Å². The van der Waals surface area contributed by atoms with Gasteiger partial charge in [-0.3, -0.25) is 0 Å². The van der Waals surface area contributed by atoms with E-state index in [4.69, 9.17) is 26.8 Å². The fraction of sp³-hybridized carbons (Fsp3) is 0.529. The van der Waals surface area contributed by atoms with Crippen LogP contribution in [0, 0.1) is 0 Å². The molecule has 0 aliphatic carbocycles. The van der Waals surface area contributed by atoms with E-state index in [1.165, 1.54) is 13.2 Å². The molecule has 7 nitrogen and oxygen atoms in total. The van der Waals surface area contributed by atoms with Crippen molar-refractivity contribution >= 4 is 29.4 Å². The van der Waals surface area contributed by atoms with Gasteiger partial charge in [-0.2, -0.15) is 0 Å². The molecule has 1 amide bonds. The molecule has 3 N–H and O–H groups in total. The second-order valence-electron chi connectivity index (χ2n) is 6.90. The van der Waals surface area contributed by atoms with Crippen LogP contribution in [0.4, 0.5) is 10.5 Å². The Kier molecular flexibility index (Phi) is 5.80. The predicted molar refractivity (Wildman–Crippen MR) is 95.9 cm³/mol. The number of benzene rings is 1. The average Bonchev–Trinajstić information content (AvgIpc) is 2.47. The first-order valence-electron chi connectivity index (χ1n) is 8.00. The van der Waals surface area contributed by atoms with Crippen molar-refractivity contribution in [3.63, 3.8) is 0 Å². The molecule has 1 heterocycles. The van der Waals surface area contributed by atoms with Gasteiger partial charge in [-0.15, -0.1) is 0 Å². The maximum absolute atomic E-state index is 12.0. The summed E-state index contributed by atoms with van der Waals surface area (Å²) in [7, 11) is 1.31. The van der Waals surface area contributed by atoms with Crippen molar-refractivity contribution in [2.75, 3.05) is 25.5 Å². The Morgan fingerprint density at radius 2 is 2.00 bits per heavy atom. The van der Waals surface area contributed by atoms with E-state index in [2.05, 4.69) is 5.32 Å². The summed E-state index contributed by atoms with van der Waals surface area (Å²) in [4.78, 5) is 25.5. The van der Waals surface area contributed by atoms with Gasteiger partial charge in [0, 0.05) is 35.9 Å². The van der Waals surface area contributed by atoms with E-state index >= 15 is 0 Å². The minimum absolute atomic E-state index is 0.0294. The number of nitrogens with one attached hydrogen (secondary N) is 1. The maximum Gasteiger partial charge on any atom is 0.410 e. The Morgan fingerprint density at radius 1 is 1.36 bits per heavy atom. The van der Waals surface area contributed by atoms with Gasteiger partial charge in [0.2, 0.25) is 0 Å². The molecule has 0 bridgehead atoms. The number of likely N-dealkylation sites (tertiary alicyclic amines) is 1. The molecule has 0 radical (unpaired) electrons. The number of carbonyl (C=O) groups is 2. The third-order valence-electron chi connectivity index (χ3n) is 3.72. The summed E-state index contributed by atoms with van der Waals surface area (Å²) in [6.45, 7) is 6.64. The number of hydrogen-bond acceptors (Lipinski definition) is 6. The summed E-state index contributed by atoms with van der Waals surface area (Å²) in [6.07, 6.45) is -0.342. The van der Waals surface area contributed by atoms with Crippen LogP contribution in [-0.2, 0) is 16.0 Å². The molecule has 25 heavy (non-hydrogen) atoms. The number of methoxy groups -OCH3 is 1. The van der Waals surface area contributed by atoms with E-state index in [1.807, 2.05) is 20.8 Å². The molecule has 138 valence electrons. The Balaban J connectivity index is 2.06. The third kappa shape index (κ3) is 4.76. The summed E-state index contributed by atoms with van der Waals surface area (Å²) in [5.74, 6) is -0.491. The second-order valence-corrected chi connectivity index (χ2v) is 7.34. The molecule has 0 atom stereocenters. The highest BCUT2D eigenvalue weighted by molar-refractivity contribution is 6.31. The molecule has 0 spiro atoms. The summed E-state index contributed by atoms with van der Waals surface area (Å²) in [5.41, 5.74) is 6.91. The number of anilines is 1. The van der Waals surface area contributed by atoms with Gasteiger partial charge in [-0.25, -0.2) is 9.59 Å². The van der Waals surface area contributed by atoms with Crippen LogP contribution in [-0.4, -0.2) is 48.8 Å². The highest BCUT2D eigenvalue weighted by Crippen LogP contribution is 2.28. The van der Waals surface area contributed by atoms with E-state index in [-0.39, 0.29) is 18.7 Å². The molecule has 1 aromatic rings. The molecule has 1 fully saturated rings. The summed E-state index contributed by atoms with van der Waals surface area (Å²) in [5, 5.41) is 3.69. The molecular weight excluding hydrogens is 346 g/mol. The van der Waals surface area contributed by atoms with Crippen LogP contribution in [0.5, 0.6) is 0 Å². The maximum atomic E-state index is 12.0. The number of nitrogens with two attached hydrogens (primary N) is 1. The number of rotatable bonds is 4. The minimum Gasteiger partial charge on any atom is -0.465 e. The lowest BCUT2D eigenvalue weighted by atomic mass is 10.0. The van der Waals surface area contributed by atoms with Crippen LogP contribution in [0.2, 0.25) is 5.02 Å². The first-order valence-corrected chi connectivity index (χ1v) is 8.37. The number of amides is 1. The van der Waals surface area contributed by atoms with Crippen molar-refractivity contribution in [1.82, 2.24) is 4.90 Å². The van der Waals surface area contributed by atoms with Crippen molar-refractivity contribution in [1.29, 1.82) is 0 Å². The van der Waals surface area contributed by atoms with Gasteiger partial charge < -0.3 is 25.4 Å². The van der Waals surface area contributed by atoms with Crippen molar-refractivity contribution in [2.45, 2.75) is 39.0 Å². The van der Waals surface area contributed by atoms with Crippen molar-refractivity contribution in [3.8, 4) is 0 Å². The molecule has 2 rings (SSSR count). The lowest BCUT2D eigenvalue weighted by molar-refractivity contribution is 0.0105. The summed E-state index contributed by atoms with van der Waals surface area (Å²) < 4.78 is 10.1. The van der Waals surface area contributed by atoms with Gasteiger partial charge in [0.05, 0.1) is 18.7 Å². The number of hydrogen-bond donors (Lipinski definition) is 2. The minimum atomic E-state index is -0.523. The predicted octanol–water partition coefficient (Wildman–Crippen LogP) is 2.62. The van der Waals surface area contributed by atoms with Gasteiger partial charge in [0.1, 0.15) is 5.60 Å². The number of nitrogens with zero attached hydrogens (tertiary/aromatic N) is 1. The number of carbonyl (C=O) groups excluding carboxylic acids is 2. The zero-order valence-corrected chi connectivity index (χ0v) is 15.6. The highest BCUT2D eigenvalue weighted by atomic mass is 35.5. The van der Waals surface area contributed by atoms with Gasteiger partial charge >= 0.3 is 12.1 Å². The van der Waals surface area contributed by atoms with Crippen molar-refractivity contribution in [2.24, 2.45) is 5.73 Å². The average molecular weight is 370 g/mol. The molecule has 1 aliphatic rings. The lowest BCUT2D eigenvalue weighted by Gasteiger charge is -2.40. The lowest BCUT2D eigenvalue weighted by Crippen LogP contribution is -2.58. The monoisotopic (exact) mass is 369 g/mol. The van der Waals surface area contributed by atoms with E-state index in [1.54, 1.807) is 11.0 Å². The highest BCUT2D eigenvalue weighted by Gasteiger charge is 2.34. The molecule has 0 saturated carbocycles. The summed E-state index contributed by atoms with van der Waals surface area (Å²) >= 11 is 6.10. The van der Waals surface area contributed by atoms with Gasteiger partial charge in [-0.1, -0.05) is 11.6 Å². The molecule has 8 heteroatoms. The van der Waals surface area contributed by atoms with E-state index in [0.717, 1.165) is 0 Å². The Morgan fingerprint density at radius 3 is 2.52 bits per heavy atom. The van der Waals surface area contributed by atoms with Crippen molar-refractivity contribution < 1.29 is 19.1 Å². The van der Waals surface area contributed by atoms with Crippen LogP contribution in [0.25, 0.3) is 0 Å². The first kappa shape index (κ1) is 19.3. The van der Waals surface area contributed by atoms with Crippen LogP contribution in [0.3, 0.4) is 0 Å². The van der Waals surface area contributed by atoms with E-state index in [9.17, 15) is 9.59 Å². The smallest absolute Gasteiger partial charge is 0.410 e. The standard InChI is InChI=1S/C17H24ClN3O4/c1-17(2,3)25-16(23)21-8-11(9-21)20-14-6-10(18)5-12(13(14)7-19)15(22)24-4/h5-6,11,20H,7-9,19H2,1-4H3. The van der Waals surface area contributed by atoms with Gasteiger partial charge in [0.25, 0.3) is 0 Å². The molecular formula is C17H24ClN3O4. The number of esters is 1. The normalized spacial score (nSPS) is 14.7. The SMILES string of the molecule is COC(=O)c1cc(Cl)cc(NC2CN(C(=O)OC(C)(C)C)C2)c1CN. The molecule has 0 aromatic heterocycles. The van der Waals surface area contributed by atoms with Crippen LogP contribution < -0.4 is 11.1 Å². The zero-order chi connectivity index (χ0) is 18.8. The molecule has 1 saturated heterocycles. The fourth-order valence-corrected chi connectivity index (χ4v) is 2.76. The van der Waals surface area contributed by atoms with Crippen LogP contribution in [0.1, 0.15) is 36.7 Å².